The Kier molecular flexibility index (Phi) is 5.62. The number of hydrogen-bond donors (Lipinski definition) is 3. The highest BCUT2D eigenvalue weighted by Gasteiger charge is 2.48. The average molecular weight is 471 g/mol. The summed E-state index contributed by atoms with van der Waals surface area (Å²) in [4.78, 5) is 12.3. The molecule has 1 aromatic carbocycles. The summed E-state index contributed by atoms with van der Waals surface area (Å²) in [6, 6.07) is 13.2. The third kappa shape index (κ3) is 4.17. The molecule has 3 N–H and O–H groups in total. The summed E-state index contributed by atoms with van der Waals surface area (Å²) < 4.78 is 17.2. The smallest absolute Gasteiger partial charge is 0.296 e. The summed E-state index contributed by atoms with van der Waals surface area (Å²) >= 11 is 6.53. The molecule has 0 amide bonds. The highest BCUT2D eigenvalue weighted by molar-refractivity contribution is 6.33. The number of nitrogens with zero attached hydrogens (tertiary/aromatic N) is 2. The van der Waals surface area contributed by atoms with Crippen LogP contribution >= 0.6 is 11.6 Å². The largest absolute Gasteiger partial charge is 0.456 e. The Hall–Kier alpha value is -2.39. The number of H-pyrrole nitrogens is 1. The molecule has 1 aliphatic carbocycles. The molecule has 3 aliphatic rings. The fourth-order valence-corrected chi connectivity index (χ4v) is 5.44. The molecule has 6 rings (SSSR count). The lowest BCUT2D eigenvalue weighted by Crippen LogP contribution is -2.34. The van der Waals surface area contributed by atoms with E-state index < -0.39 is 6.10 Å². The van der Waals surface area contributed by atoms with E-state index in [2.05, 4.69) is 50.6 Å². The molecule has 0 spiro atoms. The number of halogens is 1. The zero-order valence-corrected chi connectivity index (χ0v) is 18.9. The lowest BCUT2D eigenvalue weighted by molar-refractivity contribution is 0.00706. The van der Waals surface area contributed by atoms with Crippen LogP contribution in [0.25, 0.3) is 11.2 Å². The van der Waals surface area contributed by atoms with Gasteiger partial charge in [-0.2, -0.15) is 4.98 Å². The second kappa shape index (κ2) is 8.76. The van der Waals surface area contributed by atoms with Crippen LogP contribution in [0, 0.1) is 0 Å². The van der Waals surface area contributed by atoms with Gasteiger partial charge in [-0.15, -0.1) is 0 Å². The van der Waals surface area contributed by atoms with Gasteiger partial charge in [-0.05, 0) is 43.2 Å². The molecule has 3 aromatic rings. The van der Waals surface area contributed by atoms with Crippen LogP contribution in [-0.2, 0) is 9.47 Å². The molecule has 1 saturated carbocycles. The highest BCUT2D eigenvalue weighted by Crippen LogP contribution is 2.35. The van der Waals surface area contributed by atoms with Gasteiger partial charge < -0.3 is 29.6 Å². The lowest BCUT2D eigenvalue weighted by Gasteiger charge is -2.29. The number of benzene rings is 1. The van der Waals surface area contributed by atoms with Crippen LogP contribution < -0.4 is 10.1 Å². The molecule has 2 unspecified atom stereocenters. The van der Waals surface area contributed by atoms with Gasteiger partial charge in [-0.25, -0.2) is 4.98 Å². The summed E-state index contributed by atoms with van der Waals surface area (Å²) in [5.74, 6) is 1.27. The number of aliphatic hydroxyl groups is 1. The molecule has 0 radical (unpaired) electrons. The van der Waals surface area contributed by atoms with E-state index >= 15 is 0 Å². The van der Waals surface area contributed by atoms with E-state index in [9.17, 15) is 5.11 Å². The van der Waals surface area contributed by atoms with Crippen molar-refractivity contribution >= 4 is 28.6 Å². The van der Waals surface area contributed by atoms with E-state index in [1.807, 2.05) is 6.07 Å². The lowest BCUT2D eigenvalue weighted by atomic mass is 9.82. The second-order valence-corrected chi connectivity index (χ2v) is 9.56. The van der Waals surface area contributed by atoms with Crippen molar-refractivity contribution in [3.05, 3.63) is 47.0 Å². The summed E-state index contributed by atoms with van der Waals surface area (Å²) in [6.07, 6.45) is 2.83. The average Bonchev–Trinajstić information content (AvgIpc) is 3.52. The summed E-state index contributed by atoms with van der Waals surface area (Å²) in [5.41, 5.74) is 2.67. The van der Waals surface area contributed by atoms with Crippen molar-refractivity contribution < 1.29 is 19.3 Å². The van der Waals surface area contributed by atoms with Crippen LogP contribution in [0.2, 0.25) is 5.02 Å². The molecule has 174 valence electrons. The molecule has 2 aromatic heterocycles. The van der Waals surface area contributed by atoms with Crippen molar-refractivity contribution in [2.24, 2.45) is 0 Å². The Morgan fingerprint density at radius 2 is 1.82 bits per heavy atom. The maximum absolute atomic E-state index is 9.91. The fraction of sp³-hybridized carbons (Fsp3) is 0.500. The number of anilines is 1. The quantitative estimate of drug-likeness (QED) is 0.523. The van der Waals surface area contributed by atoms with E-state index in [0.29, 0.717) is 46.6 Å². The first-order chi connectivity index (χ1) is 16.1. The van der Waals surface area contributed by atoms with Crippen LogP contribution in [-0.4, -0.2) is 63.7 Å². The van der Waals surface area contributed by atoms with Gasteiger partial charge in [0.2, 0.25) is 0 Å². The Labute approximate surface area is 196 Å². The van der Waals surface area contributed by atoms with Crippen molar-refractivity contribution in [1.82, 2.24) is 15.0 Å². The monoisotopic (exact) mass is 470 g/mol. The first-order valence-electron chi connectivity index (χ1n) is 11.6. The van der Waals surface area contributed by atoms with Crippen LogP contribution in [0.4, 0.5) is 5.82 Å². The standard InChI is InChI=1S/C24H27ClN4O4/c25-16-10-17-23(29-24(27-17)33-19-12-32-20-18(30)11-31-21(19)20)28-22(16)26-15-8-6-14(7-9-15)13-4-2-1-3-5-13/h1-5,10,14-15,18-21,30H,6-9,11-12H2,(H2,26,27,28,29)/t14?,15?,18-,19-,20?,21?/m1/s1. The molecule has 3 fully saturated rings. The van der Waals surface area contributed by atoms with Gasteiger partial charge in [0.15, 0.2) is 11.8 Å². The molecular formula is C24H27ClN4O4. The van der Waals surface area contributed by atoms with Gasteiger partial charge in [0, 0.05) is 6.04 Å². The predicted octanol–water partition coefficient (Wildman–Crippen LogP) is 3.66. The number of hydrogen-bond acceptors (Lipinski definition) is 7. The molecule has 4 heterocycles. The van der Waals surface area contributed by atoms with Gasteiger partial charge >= 0.3 is 0 Å². The third-order valence-corrected chi connectivity index (χ3v) is 7.28. The number of imidazole rings is 1. The van der Waals surface area contributed by atoms with Crippen LogP contribution in [0.1, 0.15) is 37.2 Å². The van der Waals surface area contributed by atoms with Gasteiger partial charge in [0.1, 0.15) is 24.1 Å². The Morgan fingerprint density at radius 3 is 2.64 bits per heavy atom. The summed E-state index contributed by atoms with van der Waals surface area (Å²) in [5, 5.41) is 14.0. The normalized spacial score (nSPS) is 31.6. The zero-order valence-electron chi connectivity index (χ0n) is 18.1. The first-order valence-corrected chi connectivity index (χ1v) is 12.0. The van der Waals surface area contributed by atoms with Crippen LogP contribution in [0.15, 0.2) is 36.4 Å². The van der Waals surface area contributed by atoms with Gasteiger partial charge in [0.25, 0.3) is 6.01 Å². The van der Waals surface area contributed by atoms with Crippen molar-refractivity contribution in [3.63, 3.8) is 0 Å². The minimum atomic E-state index is -0.615. The van der Waals surface area contributed by atoms with E-state index in [-0.39, 0.29) is 24.9 Å². The van der Waals surface area contributed by atoms with Crippen molar-refractivity contribution in [3.8, 4) is 6.01 Å². The topological polar surface area (TPSA) is 102 Å². The van der Waals surface area contributed by atoms with Gasteiger partial charge in [0.05, 0.1) is 23.8 Å². The zero-order chi connectivity index (χ0) is 22.4. The molecule has 0 bridgehead atoms. The summed E-state index contributed by atoms with van der Waals surface area (Å²) in [7, 11) is 0. The van der Waals surface area contributed by atoms with E-state index in [1.165, 1.54) is 5.56 Å². The third-order valence-electron chi connectivity index (χ3n) is 6.99. The number of pyridine rings is 1. The second-order valence-electron chi connectivity index (χ2n) is 9.16. The van der Waals surface area contributed by atoms with Crippen molar-refractivity contribution in [2.45, 2.75) is 62.1 Å². The Balaban J connectivity index is 1.12. The van der Waals surface area contributed by atoms with Crippen molar-refractivity contribution in [2.75, 3.05) is 18.5 Å². The molecule has 2 saturated heterocycles. The SMILES string of the molecule is O[C@@H]1COC2C1OC[C@H]2Oc1nc2nc(NC3CCC(c4ccccc4)CC3)c(Cl)cc2[nH]1. The number of nitrogens with one attached hydrogen (secondary N) is 2. The van der Waals surface area contributed by atoms with E-state index in [0.717, 1.165) is 25.7 Å². The highest BCUT2D eigenvalue weighted by atomic mass is 35.5. The molecule has 9 heteroatoms. The minimum Gasteiger partial charge on any atom is -0.456 e. The predicted molar refractivity (Wildman–Crippen MR) is 124 cm³/mol. The van der Waals surface area contributed by atoms with Crippen molar-refractivity contribution in [1.29, 1.82) is 0 Å². The van der Waals surface area contributed by atoms with E-state index in [4.69, 9.17) is 25.8 Å². The molecule has 2 aliphatic heterocycles. The maximum Gasteiger partial charge on any atom is 0.296 e. The number of aromatic nitrogens is 3. The maximum atomic E-state index is 9.91. The first kappa shape index (κ1) is 21.2. The number of rotatable bonds is 5. The molecule has 8 nitrogen and oxygen atoms in total. The van der Waals surface area contributed by atoms with Crippen LogP contribution in [0.5, 0.6) is 6.01 Å². The van der Waals surface area contributed by atoms with E-state index in [1.54, 1.807) is 0 Å². The molecule has 4 atom stereocenters. The molecule has 33 heavy (non-hydrogen) atoms. The van der Waals surface area contributed by atoms with Gasteiger partial charge in [-0.1, -0.05) is 41.9 Å². The van der Waals surface area contributed by atoms with Gasteiger partial charge in [-0.3, -0.25) is 0 Å². The molecular weight excluding hydrogens is 444 g/mol. The minimum absolute atomic E-state index is 0.259. The fourth-order valence-electron chi connectivity index (χ4n) is 5.23. The Morgan fingerprint density at radius 1 is 1.03 bits per heavy atom. The van der Waals surface area contributed by atoms with Crippen LogP contribution in [0.3, 0.4) is 0 Å². The summed E-state index contributed by atoms with van der Waals surface area (Å²) in [6.45, 7) is 0.602. The number of ether oxygens (including phenoxy) is 3. The number of aromatic amines is 1. The Bertz CT molecular complexity index is 1120. The number of aliphatic hydroxyl groups excluding tert-OH is 1. The number of fused-ring (bicyclic) bond motifs is 2.